The molecule has 0 amide bonds. The van der Waals surface area contributed by atoms with Crippen LogP contribution in [0.2, 0.25) is 5.02 Å². The Hall–Kier alpha value is 0.880. The van der Waals surface area contributed by atoms with Crippen molar-refractivity contribution >= 4 is 59.4 Å². The van der Waals surface area contributed by atoms with Crippen LogP contribution in [0.3, 0.4) is 0 Å². The van der Waals surface area contributed by atoms with Crippen molar-refractivity contribution in [3.05, 3.63) is 30.3 Å². The maximum atomic E-state index is 12.8. The molecule has 1 aromatic carbocycles. The van der Waals surface area contributed by atoms with Gasteiger partial charge < -0.3 is 0 Å². The van der Waals surface area contributed by atoms with E-state index in [4.69, 9.17) is 11.6 Å². The predicted octanol–water partition coefficient (Wildman–Crippen LogP) is 4.77. The third-order valence-electron chi connectivity index (χ3n) is 1.06. The summed E-state index contributed by atoms with van der Waals surface area (Å²) in [5.41, 5.74) is 0. The molecule has 1 rings (SSSR count). The first-order chi connectivity index (χ1) is 5.04. The van der Waals surface area contributed by atoms with Crippen molar-refractivity contribution in [1.82, 2.24) is 0 Å². The normalized spacial score (nSPS) is 10.3. The van der Waals surface area contributed by atoms with Crippen LogP contribution in [0.5, 0.6) is 0 Å². The van der Waals surface area contributed by atoms with Crippen LogP contribution < -0.4 is 0 Å². The minimum absolute atomic E-state index is 0.0834. The molecule has 11 heavy (non-hydrogen) atoms. The van der Waals surface area contributed by atoms with Gasteiger partial charge in [0.25, 0.3) is 0 Å². The minimum atomic E-state index is -0.450. The molecule has 0 radical (unpaired) electrons. The topological polar surface area (TPSA) is 0 Å². The van der Waals surface area contributed by atoms with Gasteiger partial charge in [-0.05, 0) is 53.9 Å². The molecule has 1 aromatic rings. The van der Waals surface area contributed by atoms with Crippen molar-refractivity contribution in [1.29, 1.82) is 0 Å². The Kier molecular flexibility index (Phi) is 3.38. The van der Waals surface area contributed by atoms with E-state index in [0.29, 0.717) is 13.4 Å². The fraction of sp³-hybridized carbons (Fsp3) is 0. The van der Waals surface area contributed by atoms with Gasteiger partial charge in [0.05, 0.1) is 9.50 Å². The lowest BCUT2D eigenvalue weighted by Crippen LogP contribution is -1.81. The molecule has 0 saturated heterocycles. The van der Waals surface area contributed by atoms with Crippen LogP contribution in [-0.4, -0.2) is 0 Å². The van der Waals surface area contributed by atoms with E-state index in [1.165, 1.54) is 6.07 Å². The van der Waals surface area contributed by atoms with Crippen LogP contribution in [-0.2, 0) is 0 Å². The summed E-state index contributed by atoms with van der Waals surface area (Å²) in [6.07, 6.45) is 0. The number of halogens is 5. The van der Waals surface area contributed by atoms with E-state index in [-0.39, 0.29) is 5.02 Å². The predicted molar refractivity (Wildman–Crippen MR) is 54.5 cm³/mol. The van der Waals surface area contributed by atoms with Gasteiger partial charge in [-0.15, -0.1) is 0 Å². The second kappa shape index (κ2) is 3.73. The highest BCUT2D eigenvalue weighted by Crippen LogP contribution is 2.37. The molecule has 0 N–H and O–H groups in total. The van der Waals surface area contributed by atoms with Crippen molar-refractivity contribution in [3.8, 4) is 0 Å². The number of hydrogen-bond donors (Lipinski definition) is 0. The largest absolute Gasteiger partial charge is 0.205 e. The molecular formula is C6HBr3ClF. The van der Waals surface area contributed by atoms with Gasteiger partial charge >= 0.3 is 0 Å². The lowest BCUT2D eigenvalue weighted by atomic mass is 10.3. The van der Waals surface area contributed by atoms with Gasteiger partial charge in [0.1, 0.15) is 5.82 Å². The second-order valence-electron chi connectivity index (χ2n) is 1.78. The lowest BCUT2D eigenvalue weighted by Gasteiger charge is -2.02. The summed E-state index contributed by atoms with van der Waals surface area (Å²) >= 11 is 15.1. The Morgan fingerprint density at radius 2 is 1.73 bits per heavy atom. The molecule has 5 heteroatoms. The molecule has 0 spiro atoms. The molecule has 0 fully saturated rings. The fourth-order valence-electron chi connectivity index (χ4n) is 0.544. The van der Waals surface area contributed by atoms with E-state index in [2.05, 4.69) is 47.8 Å². The Bertz CT molecular complexity index is 274. The average molecular weight is 367 g/mol. The average Bonchev–Trinajstić information content (AvgIpc) is 1.97. The van der Waals surface area contributed by atoms with Gasteiger partial charge in [0.2, 0.25) is 0 Å². The summed E-state index contributed by atoms with van der Waals surface area (Å²) in [4.78, 5) is 0. The molecule has 0 bridgehead atoms. The molecular weight excluding hydrogens is 366 g/mol. The second-order valence-corrected chi connectivity index (χ2v) is 4.60. The summed E-state index contributed by atoms with van der Waals surface area (Å²) in [7, 11) is 0. The van der Waals surface area contributed by atoms with Gasteiger partial charge in [-0.1, -0.05) is 11.6 Å². The van der Waals surface area contributed by atoms with E-state index in [0.717, 1.165) is 0 Å². The Morgan fingerprint density at radius 3 is 2.27 bits per heavy atom. The van der Waals surface area contributed by atoms with Crippen molar-refractivity contribution in [3.63, 3.8) is 0 Å². The van der Waals surface area contributed by atoms with Crippen LogP contribution in [0.15, 0.2) is 19.5 Å². The molecule has 60 valence electrons. The first kappa shape index (κ1) is 9.96. The molecule has 0 heterocycles. The Labute approximate surface area is 93.5 Å². The molecule has 0 aliphatic carbocycles. The monoisotopic (exact) mass is 364 g/mol. The van der Waals surface area contributed by atoms with Gasteiger partial charge in [-0.25, -0.2) is 4.39 Å². The van der Waals surface area contributed by atoms with Crippen molar-refractivity contribution in [2.75, 3.05) is 0 Å². The van der Waals surface area contributed by atoms with Gasteiger partial charge in [-0.2, -0.15) is 0 Å². The molecule has 0 atom stereocenters. The first-order valence-corrected chi connectivity index (χ1v) is 5.28. The number of benzene rings is 1. The Morgan fingerprint density at radius 1 is 1.18 bits per heavy atom. The van der Waals surface area contributed by atoms with E-state index < -0.39 is 5.82 Å². The lowest BCUT2D eigenvalue weighted by molar-refractivity contribution is 0.626. The minimum Gasteiger partial charge on any atom is -0.205 e. The van der Waals surface area contributed by atoms with Crippen LogP contribution >= 0.6 is 59.4 Å². The third kappa shape index (κ3) is 1.97. The van der Waals surface area contributed by atoms with E-state index in [1.807, 2.05) is 0 Å². The molecule has 0 nitrogen and oxygen atoms in total. The maximum absolute atomic E-state index is 12.8. The molecule has 0 aliphatic heterocycles. The maximum Gasteiger partial charge on any atom is 0.144 e. The van der Waals surface area contributed by atoms with Gasteiger partial charge in [0.15, 0.2) is 0 Å². The number of hydrogen-bond acceptors (Lipinski definition) is 0. The molecule has 0 aliphatic rings. The summed E-state index contributed by atoms with van der Waals surface area (Å²) in [5, 5.41) is 0.0834. The van der Waals surface area contributed by atoms with Gasteiger partial charge in [-0.3, -0.25) is 0 Å². The SMILES string of the molecule is Fc1cc(Br)c(Br)c(Br)c1Cl. The van der Waals surface area contributed by atoms with E-state index >= 15 is 0 Å². The van der Waals surface area contributed by atoms with Crippen LogP contribution in [0.25, 0.3) is 0 Å². The molecule has 0 saturated carbocycles. The summed E-state index contributed by atoms with van der Waals surface area (Å²) < 4.78 is 14.7. The van der Waals surface area contributed by atoms with Gasteiger partial charge in [0, 0.05) is 8.95 Å². The standard InChI is InChI=1S/C6HBr3ClF/c7-2-1-3(11)6(10)5(9)4(2)8/h1H. The molecule has 0 aromatic heterocycles. The highest BCUT2D eigenvalue weighted by atomic mass is 79.9. The first-order valence-electron chi connectivity index (χ1n) is 2.52. The third-order valence-corrected chi connectivity index (χ3v) is 4.96. The zero-order valence-corrected chi connectivity index (χ0v) is 10.5. The Balaban J connectivity index is 3.46. The quantitative estimate of drug-likeness (QED) is 0.458. The van der Waals surface area contributed by atoms with E-state index in [1.54, 1.807) is 0 Å². The zero-order chi connectivity index (χ0) is 8.59. The molecule has 0 unspecified atom stereocenters. The van der Waals surface area contributed by atoms with E-state index in [9.17, 15) is 4.39 Å². The fourth-order valence-corrected chi connectivity index (χ4v) is 2.19. The highest BCUT2D eigenvalue weighted by Gasteiger charge is 2.10. The summed E-state index contributed by atoms with van der Waals surface area (Å²) in [6, 6.07) is 1.30. The van der Waals surface area contributed by atoms with Crippen LogP contribution in [0.4, 0.5) is 4.39 Å². The zero-order valence-electron chi connectivity index (χ0n) is 4.97. The number of rotatable bonds is 0. The highest BCUT2D eigenvalue weighted by molar-refractivity contribution is 9.14. The van der Waals surface area contributed by atoms with Crippen LogP contribution in [0, 0.1) is 5.82 Å². The van der Waals surface area contributed by atoms with Crippen molar-refractivity contribution in [2.45, 2.75) is 0 Å². The summed E-state index contributed by atoms with van der Waals surface area (Å²) in [5.74, 6) is -0.450. The van der Waals surface area contributed by atoms with Crippen molar-refractivity contribution < 1.29 is 4.39 Å². The van der Waals surface area contributed by atoms with Crippen molar-refractivity contribution in [2.24, 2.45) is 0 Å². The van der Waals surface area contributed by atoms with Crippen LogP contribution in [0.1, 0.15) is 0 Å². The smallest absolute Gasteiger partial charge is 0.144 e. The summed E-state index contributed by atoms with van der Waals surface area (Å²) in [6.45, 7) is 0.